The van der Waals surface area contributed by atoms with Gasteiger partial charge in [-0.15, -0.1) is 22.7 Å². The van der Waals surface area contributed by atoms with Gasteiger partial charge >= 0.3 is 6.09 Å². The highest BCUT2D eigenvalue weighted by Crippen LogP contribution is 2.35. The van der Waals surface area contributed by atoms with Crippen LogP contribution in [-0.4, -0.2) is 55.6 Å². The van der Waals surface area contributed by atoms with Gasteiger partial charge < -0.3 is 14.9 Å². The lowest BCUT2D eigenvalue weighted by atomic mass is 9.95. The minimum atomic E-state index is -0.582. The van der Waals surface area contributed by atoms with Crippen molar-refractivity contribution in [3.05, 3.63) is 57.0 Å². The lowest BCUT2D eigenvalue weighted by Crippen LogP contribution is -2.42. The molecule has 2 aromatic heterocycles. The number of carbonyl (C=O) groups excluding carboxylic acids is 2. The van der Waals surface area contributed by atoms with Gasteiger partial charge in [-0.1, -0.05) is 30.3 Å². The minimum Gasteiger partial charge on any atom is -0.447 e. The molecule has 2 atom stereocenters. The number of Topliss-reactive ketones (excluding diaryl/α,β-unsaturated/α-hetero) is 1. The zero-order valence-electron chi connectivity index (χ0n) is 19.0. The third-order valence-corrected chi connectivity index (χ3v) is 7.60. The number of hydrogen-bond donors (Lipinski definition) is 2. The summed E-state index contributed by atoms with van der Waals surface area (Å²) in [6, 6.07) is 9.32. The first-order valence-electron chi connectivity index (χ1n) is 11.1. The van der Waals surface area contributed by atoms with Crippen LogP contribution in [0.2, 0.25) is 0 Å². The Morgan fingerprint density at radius 3 is 2.59 bits per heavy atom. The normalized spacial score (nSPS) is 18.0. The number of amides is 1. The molecule has 180 valence electrons. The molecule has 1 aliphatic heterocycles. The molecule has 3 heterocycles. The molecule has 1 amide bonds. The number of aliphatic hydroxyl groups is 2. The zero-order chi connectivity index (χ0) is 24.2. The summed E-state index contributed by atoms with van der Waals surface area (Å²) in [6.07, 6.45) is -0.107. The van der Waals surface area contributed by atoms with E-state index >= 15 is 0 Å². The third kappa shape index (κ3) is 5.35. The molecule has 0 bridgehead atoms. The Bertz CT molecular complexity index is 1140. The highest BCUT2D eigenvalue weighted by atomic mass is 32.1. The van der Waals surface area contributed by atoms with Gasteiger partial charge in [0.05, 0.1) is 48.0 Å². The second-order valence-corrected chi connectivity index (χ2v) is 10.4. The van der Waals surface area contributed by atoms with Crippen molar-refractivity contribution < 1.29 is 24.5 Å². The van der Waals surface area contributed by atoms with E-state index in [0.717, 1.165) is 5.56 Å². The van der Waals surface area contributed by atoms with Gasteiger partial charge in [0.2, 0.25) is 0 Å². The average Bonchev–Trinajstić information content (AvgIpc) is 3.56. The van der Waals surface area contributed by atoms with Crippen LogP contribution in [-0.2, 0) is 29.2 Å². The Kier molecular flexibility index (Phi) is 7.72. The van der Waals surface area contributed by atoms with E-state index in [2.05, 4.69) is 9.97 Å². The maximum absolute atomic E-state index is 13.3. The molecule has 0 aliphatic carbocycles. The summed E-state index contributed by atoms with van der Waals surface area (Å²) in [5.74, 6) is -0.0225. The highest BCUT2D eigenvalue weighted by Gasteiger charge is 2.41. The van der Waals surface area contributed by atoms with Crippen molar-refractivity contribution in [3.8, 4) is 10.6 Å². The van der Waals surface area contributed by atoms with E-state index in [-0.39, 0.29) is 37.4 Å². The van der Waals surface area contributed by atoms with Crippen molar-refractivity contribution in [2.24, 2.45) is 0 Å². The number of carbonyl (C=O) groups is 2. The van der Waals surface area contributed by atoms with E-state index in [9.17, 15) is 19.8 Å². The molecule has 0 radical (unpaired) electrons. The topological polar surface area (TPSA) is 113 Å². The van der Waals surface area contributed by atoms with E-state index in [4.69, 9.17) is 4.74 Å². The molecule has 1 aliphatic rings. The fourth-order valence-corrected chi connectivity index (χ4v) is 5.88. The monoisotopic (exact) mass is 501 g/mol. The second-order valence-electron chi connectivity index (χ2n) is 8.41. The Balaban J connectivity index is 1.52. The summed E-state index contributed by atoms with van der Waals surface area (Å²) < 4.78 is 5.42. The van der Waals surface area contributed by atoms with Gasteiger partial charge in [0.1, 0.15) is 10.0 Å². The maximum atomic E-state index is 13.3. The van der Waals surface area contributed by atoms with Crippen molar-refractivity contribution in [2.75, 3.05) is 6.54 Å². The first-order chi connectivity index (χ1) is 16.4. The molecule has 4 rings (SSSR count). The van der Waals surface area contributed by atoms with Gasteiger partial charge in [0.15, 0.2) is 5.78 Å². The highest BCUT2D eigenvalue weighted by molar-refractivity contribution is 7.16. The molecule has 34 heavy (non-hydrogen) atoms. The summed E-state index contributed by atoms with van der Waals surface area (Å²) in [7, 11) is 0. The molecule has 1 saturated heterocycles. The predicted octanol–water partition coefficient (Wildman–Crippen LogP) is 3.77. The van der Waals surface area contributed by atoms with Crippen molar-refractivity contribution >= 4 is 34.6 Å². The van der Waals surface area contributed by atoms with Gasteiger partial charge in [-0.25, -0.2) is 14.8 Å². The Morgan fingerprint density at radius 2 is 1.91 bits per heavy atom. The lowest BCUT2D eigenvalue weighted by molar-refractivity contribution is -0.122. The number of aromatic nitrogens is 2. The summed E-state index contributed by atoms with van der Waals surface area (Å²) in [5, 5.41) is 21.9. The lowest BCUT2D eigenvalue weighted by Gasteiger charge is -2.24. The summed E-state index contributed by atoms with van der Waals surface area (Å²) >= 11 is 2.62. The molecular formula is C24H27N3O5S2. The summed E-state index contributed by atoms with van der Waals surface area (Å²) in [5.41, 5.74) is 2.18. The fraction of sp³-hybridized carbons (Fsp3) is 0.417. The number of rotatable bonds is 8. The molecule has 10 heteroatoms. The van der Waals surface area contributed by atoms with Crippen LogP contribution in [0.5, 0.6) is 0 Å². The van der Waals surface area contributed by atoms with Crippen molar-refractivity contribution in [3.63, 3.8) is 0 Å². The maximum Gasteiger partial charge on any atom is 0.410 e. The number of ether oxygens (including phenoxy) is 1. The second kappa shape index (κ2) is 10.7. The Morgan fingerprint density at radius 1 is 1.15 bits per heavy atom. The first-order valence-corrected chi connectivity index (χ1v) is 12.8. The summed E-state index contributed by atoms with van der Waals surface area (Å²) in [4.78, 5) is 37.2. The van der Waals surface area contributed by atoms with Gasteiger partial charge in [0.25, 0.3) is 0 Å². The van der Waals surface area contributed by atoms with E-state index in [1.54, 1.807) is 18.7 Å². The standard InChI is InChI=1S/C24H27N3O5S2/c1-14(2)32-24(31)27-10-16(15-6-4-3-5-7-15)8-19(27)20(30)9-21-26-18(13-33-21)23-17(11-28)25-22(12-29)34-23/h3-7,13-14,16,19,28-29H,8-12H2,1-2H3/t16-,19+/m1/s1. The Labute approximate surface area is 205 Å². The van der Waals surface area contributed by atoms with E-state index < -0.39 is 12.1 Å². The van der Waals surface area contributed by atoms with Gasteiger partial charge in [-0.3, -0.25) is 9.69 Å². The van der Waals surface area contributed by atoms with Crippen LogP contribution in [0.1, 0.15) is 47.5 Å². The van der Waals surface area contributed by atoms with Crippen LogP contribution < -0.4 is 0 Å². The molecule has 8 nitrogen and oxygen atoms in total. The molecule has 0 spiro atoms. The number of benzene rings is 1. The van der Waals surface area contributed by atoms with E-state index in [1.165, 1.54) is 22.7 Å². The average molecular weight is 502 g/mol. The number of aliphatic hydroxyl groups excluding tert-OH is 2. The molecular weight excluding hydrogens is 474 g/mol. The number of likely N-dealkylation sites (tertiary alicyclic amines) is 1. The van der Waals surface area contributed by atoms with Crippen molar-refractivity contribution in [2.45, 2.75) is 58.0 Å². The van der Waals surface area contributed by atoms with Crippen molar-refractivity contribution in [1.29, 1.82) is 0 Å². The fourth-order valence-electron chi connectivity index (χ4n) is 4.12. The van der Waals surface area contributed by atoms with Crippen LogP contribution in [0.4, 0.5) is 4.79 Å². The van der Waals surface area contributed by atoms with Gasteiger partial charge in [0, 0.05) is 17.8 Å². The largest absolute Gasteiger partial charge is 0.447 e. The smallest absolute Gasteiger partial charge is 0.410 e. The predicted molar refractivity (Wildman–Crippen MR) is 130 cm³/mol. The van der Waals surface area contributed by atoms with Crippen LogP contribution in [0.15, 0.2) is 35.7 Å². The summed E-state index contributed by atoms with van der Waals surface area (Å²) in [6.45, 7) is 3.55. The van der Waals surface area contributed by atoms with Crippen LogP contribution in [0, 0.1) is 0 Å². The van der Waals surface area contributed by atoms with E-state index in [1.807, 2.05) is 35.7 Å². The van der Waals surface area contributed by atoms with Crippen molar-refractivity contribution in [1.82, 2.24) is 14.9 Å². The molecule has 0 saturated carbocycles. The van der Waals surface area contributed by atoms with Crippen LogP contribution >= 0.6 is 22.7 Å². The SMILES string of the molecule is CC(C)OC(=O)N1C[C@H](c2ccccc2)C[C@H]1C(=O)Cc1nc(-c2sc(CO)nc2CO)cs1. The van der Waals surface area contributed by atoms with E-state index in [0.29, 0.717) is 39.2 Å². The first kappa shape index (κ1) is 24.5. The molecule has 0 unspecified atom stereocenters. The Hall–Kier alpha value is -2.66. The molecule has 3 aromatic rings. The molecule has 1 fully saturated rings. The van der Waals surface area contributed by atoms with Crippen LogP contribution in [0.25, 0.3) is 10.6 Å². The quantitative estimate of drug-likeness (QED) is 0.483. The molecule has 2 N–H and O–H groups in total. The number of nitrogens with zero attached hydrogens (tertiary/aromatic N) is 3. The number of thiazole rings is 2. The third-order valence-electron chi connectivity index (χ3n) is 5.65. The molecule has 1 aromatic carbocycles. The van der Waals surface area contributed by atoms with Gasteiger partial charge in [-0.2, -0.15) is 0 Å². The zero-order valence-corrected chi connectivity index (χ0v) is 20.6. The van der Waals surface area contributed by atoms with Crippen LogP contribution in [0.3, 0.4) is 0 Å². The number of ketones is 1. The minimum absolute atomic E-state index is 0.0583. The van der Waals surface area contributed by atoms with Gasteiger partial charge in [-0.05, 0) is 25.8 Å². The number of hydrogen-bond acceptors (Lipinski definition) is 9.